The van der Waals surface area contributed by atoms with E-state index in [1.54, 1.807) is 23.5 Å². The maximum Gasteiger partial charge on any atom is 0.236 e. The molecule has 154 valence electrons. The van der Waals surface area contributed by atoms with Gasteiger partial charge in [0.1, 0.15) is 5.82 Å². The van der Waals surface area contributed by atoms with Gasteiger partial charge in [0.05, 0.1) is 16.5 Å². The highest BCUT2D eigenvalue weighted by atomic mass is 35.5. The number of thiophene rings is 1. The summed E-state index contributed by atoms with van der Waals surface area (Å²) in [6.45, 7) is 0. The number of nitrogens with one attached hydrogen (secondary N) is 1. The Morgan fingerprint density at radius 1 is 1.23 bits per heavy atom. The summed E-state index contributed by atoms with van der Waals surface area (Å²) in [5, 5.41) is 17.4. The average molecular weight is 496 g/mol. The molecule has 1 aromatic carbocycles. The van der Waals surface area contributed by atoms with Crippen molar-refractivity contribution < 1.29 is 4.79 Å². The number of halogens is 2. The van der Waals surface area contributed by atoms with E-state index in [1.807, 2.05) is 34.5 Å². The zero-order chi connectivity index (χ0) is 21.1. The Balaban J connectivity index is 1.34. The summed E-state index contributed by atoms with van der Waals surface area (Å²) >= 11 is 16.5. The molecule has 0 atom stereocenters. The topological polar surface area (TPSA) is 72.7 Å². The Bertz CT molecular complexity index is 1170. The first-order valence-electron chi connectivity index (χ1n) is 8.74. The molecule has 4 aromatic rings. The van der Waals surface area contributed by atoms with Gasteiger partial charge in [0.2, 0.25) is 5.91 Å². The van der Waals surface area contributed by atoms with Crippen LogP contribution in [-0.4, -0.2) is 31.4 Å². The molecule has 0 radical (unpaired) electrons. The fraction of sp³-hybridized carbons (Fsp3) is 0.158. The minimum Gasteiger partial charge on any atom is -0.309 e. The number of benzene rings is 1. The van der Waals surface area contributed by atoms with Crippen LogP contribution in [-0.2, 0) is 18.3 Å². The minimum absolute atomic E-state index is 0.161. The van der Waals surface area contributed by atoms with Gasteiger partial charge in [0.15, 0.2) is 10.3 Å². The normalized spacial score (nSPS) is 11.0. The van der Waals surface area contributed by atoms with Crippen molar-refractivity contribution in [2.45, 2.75) is 11.6 Å². The maximum absolute atomic E-state index is 12.4. The van der Waals surface area contributed by atoms with Crippen LogP contribution < -0.4 is 5.32 Å². The van der Waals surface area contributed by atoms with Crippen LogP contribution >= 0.6 is 57.6 Å². The highest BCUT2D eigenvalue weighted by molar-refractivity contribution is 7.99. The average Bonchev–Trinajstić information content (AvgIpc) is 3.45. The second-order valence-electron chi connectivity index (χ2n) is 6.21. The lowest BCUT2D eigenvalue weighted by Gasteiger charge is -2.04. The number of rotatable bonds is 7. The molecule has 0 aliphatic rings. The number of carbonyl (C=O) groups is 1. The molecule has 0 bridgehead atoms. The van der Waals surface area contributed by atoms with Crippen molar-refractivity contribution in [2.75, 3.05) is 11.1 Å². The Hall–Kier alpha value is -1.91. The first-order valence-corrected chi connectivity index (χ1v) is 12.2. The number of thiazole rings is 1. The molecule has 0 saturated carbocycles. The lowest BCUT2D eigenvalue weighted by atomic mass is 10.2. The van der Waals surface area contributed by atoms with E-state index in [-0.39, 0.29) is 11.7 Å². The molecule has 1 amide bonds. The molecule has 3 heterocycles. The van der Waals surface area contributed by atoms with Gasteiger partial charge in [0, 0.05) is 34.3 Å². The molecule has 0 spiro atoms. The molecule has 0 unspecified atom stereocenters. The van der Waals surface area contributed by atoms with Gasteiger partial charge in [-0.2, -0.15) is 0 Å². The van der Waals surface area contributed by atoms with Gasteiger partial charge in [-0.05, 0) is 29.6 Å². The first-order chi connectivity index (χ1) is 14.5. The van der Waals surface area contributed by atoms with Crippen molar-refractivity contribution in [1.82, 2.24) is 19.7 Å². The van der Waals surface area contributed by atoms with Gasteiger partial charge in [-0.1, -0.05) is 41.0 Å². The molecule has 6 nitrogen and oxygen atoms in total. The number of nitrogens with zero attached hydrogens (tertiary/aromatic N) is 4. The zero-order valence-corrected chi connectivity index (χ0v) is 19.6. The fourth-order valence-electron chi connectivity index (χ4n) is 2.63. The smallest absolute Gasteiger partial charge is 0.236 e. The van der Waals surface area contributed by atoms with Gasteiger partial charge in [-0.25, -0.2) is 4.98 Å². The van der Waals surface area contributed by atoms with Gasteiger partial charge >= 0.3 is 0 Å². The third-order valence-electron chi connectivity index (χ3n) is 4.13. The van der Waals surface area contributed by atoms with E-state index in [0.717, 1.165) is 17.8 Å². The van der Waals surface area contributed by atoms with Gasteiger partial charge in [0.25, 0.3) is 0 Å². The zero-order valence-electron chi connectivity index (χ0n) is 15.6. The summed E-state index contributed by atoms with van der Waals surface area (Å²) in [4.78, 5) is 18.0. The third-order valence-corrected chi connectivity index (χ3v) is 7.33. The summed E-state index contributed by atoms with van der Waals surface area (Å²) in [5.74, 6) is 0.914. The van der Waals surface area contributed by atoms with Crippen LogP contribution in [0.2, 0.25) is 10.0 Å². The van der Waals surface area contributed by atoms with Gasteiger partial charge < -0.3 is 9.88 Å². The van der Waals surface area contributed by atoms with Crippen molar-refractivity contribution in [1.29, 1.82) is 0 Å². The van der Waals surface area contributed by atoms with E-state index in [1.165, 1.54) is 28.0 Å². The SMILES string of the molecule is Cn1c(Cc2cccs2)nnc1SCC(=O)Nc1nc(-c2ccc(Cl)cc2Cl)cs1. The Labute approximate surface area is 195 Å². The van der Waals surface area contributed by atoms with Crippen LogP contribution in [0.3, 0.4) is 0 Å². The Kier molecular flexibility index (Phi) is 6.74. The largest absolute Gasteiger partial charge is 0.309 e. The standard InChI is InChI=1S/C19H15Cl2N5OS3/c1-26-16(8-12-3-2-6-28-12)24-25-19(26)30-10-17(27)23-18-22-15(9-29-18)13-5-4-11(20)7-14(13)21/h2-7,9H,8,10H2,1H3,(H,22,23,27). The van der Waals surface area contributed by atoms with Crippen molar-refractivity contribution in [2.24, 2.45) is 7.05 Å². The van der Waals surface area contributed by atoms with E-state index in [4.69, 9.17) is 23.2 Å². The van der Waals surface area contributed by atoms with Gasteiger partial charge in [-0.3, -0.25) is 4.79 Å². The monoisotopic (exact) mass is 495 g/mol. The summed E-state index contributed by atoms with van der Waals surface area (Å²) < 4.78 is 1.92. The number of hydrogen-bond acceptors (Lipinski definition) is 7. The first kappa shape index (κ1) is 21.3. The summed E-state index contributed by atoms with van der Waals surface area (Å²) in [7, 11) is 1.91. The van der Waals surface area contributed by atoms with E-state index in [2.05, 4.69) is 26.6 Å². The molecule has 0 aliphatic heterocycles. The molecule has 30 heavy (non-hydrogen) atoms. The van der Waals surface area contributed by atoms with Crippen LogP contribution in [0, 0.1) is 0 Å². The van der Waals surface area contributed by atoms with Crippen LogP contribution in [0.5, 0.6) is 0 Å². The summed E-state index contributed by atoms with van der Waals surface area (Å²) in [6, 6.07) is 9.31. The van der Waals surface area contributed by atoms with E-state index < -0.39 is 0 Å². The van der Waals surface area contributed by atoms with Crippen molar-refractivity contribution >= 4 is 68.7 Å². The Morgan fingerprint density at radius 2 is 2.10 bits per heavy atom. The minimum atomic E-state index is -0.161. The van der Waals surface area contributed by atoms with E-state index in [0.29, 0.717) is 26.0 Å². The van der Waals surface area contributed by atoms with Crippen molar-refractivity contribution in [3.63, 3.8) is 0 Å². The van der Waals surface area contributed by atoms with Crippen LogP contribution in [0.1, 0.15) is 10.7 Å². The third kappa shape index (κ3) is 5.04. The van der Waals surface area contributed by atoms with Crippen LogP contribution in [0.4, 0.5) is 5.13 Å². The van der Waals surface area contributed by atoms with Crippen LogP contribution in [0.15, 0.2) is 46.2 Å². The molecule has 4 rings (SSSR count). The molecular weight excluding hydrogens is 481 g/mol. The highest BCUT2D eigenvalue weighted by Crippen LogP contribution is 2.32. The summed E-state index contributed by atoms with van der Waals surface area (Å²) in [6.07, 6.45) is 0.725. The number of amides is 1. The molecule has 0 saturated heterocycles. The molecule has 1 N–H and O–H groups in total. The number of hydrogen-bond donors (Lipinski definition) is 1. The van der Waals surface area contributed by atoms with Gasteiger partial charge in [-0.15, -0.1) is 32.9 Å². The molecular formula is C19H15Cl2N5OS3. The molecule has 11 heteroatoms. The number of anilines is 1. The lowest BCUT2D eigenvalue weighted by molar-refractivity contribution is -0.113. The number of carbonyl (C=O) groups excluding carboxylic acids is 1. The van der Waals surface area contributed by atoms with Crippen molar-refractivity contribution in [3.8, 4) is 11.3 Å². The molecule has 0 aliphatic carbocycles. The number of aromatic nitrogens is 4. The highest BCUT2D eigenvalue weighted by Gasteiger charge is 2.14. The van der Waals surface area contributed by atoms with Crippen molar-refractivity contribution in [3.05, 3.63) is 61.8 Å². The fourth-order valence-corrected chi connectivity index (χ4v) is 5.29. The van der Waals surface area contributed by atoms with E-state index in [9.17, 15) is 4.79 Å². The number of thioether (sulfide) groups is 1. The lowest BCUT2D eigenvalue weighted by Crippen LogP contribution is -2.14. The molecule has 3 aromatic heterocycles. The second kappa shape index (κ2) is 9.49. The maximum atomic E-state index is 12.4. The second-order valence-corrected chi connectivity index (χ2v) is 9.89. The predicted molar refractivity (Wildman–Crippen MR) is 125 cm³/mol. The predicted octanol–water partition coefficient (Wildman–Crippen LogP) is 5.63. The Morgan fingerprint density at radius 3 is 2.87 bits per heavy atom. The van der Waals surface area contributed by atoms with Crippen LogP contribution in [0.25, 0.3) is 11.3 Å². The summed E-state index contributed by atoms with van der Waals surface area (Å²) in [5.41, 5.74) is 1.46. The van der Waals surface area contributed by atoms with E-state index >= 15 is 0 Å². The molecule has 0 fully saturated rings. The quantitative estimate of drug-likeness (QED) is 0.336.